The Balaban J connectivity index is 2.26. The van der Waals surface area contributed by atoms with Crippen LogP contribution in [0.3, 0.4) is 0 Å². The number of nitrogens with zero attached hydrogens (tertiary/aromatic N) is 2. The third-order valence-electron chi connectivity index (χ3n) is 2.43. The molecule has 5 nitrogen and oxygen atoms in total. The van der Waals surface area contributed by atoms with Gasteiger partial charge in [-0.05, 0) is 25.5 Å². The van der Waals surface area contributed by atoms with Gasteiger partial charge >= 0.3 is 0 Å². The molecule has 0 fully saturated rings. The van der Waals surface area contributed by atoms with E-state index in [4.69, 9.17) is 0 Å². The van der Waals surface area contributed by atoms with Crippen molar-refractivity contribution in [2.24, 2.45) is 0 Å². The van der Waals surface area contributed by atoms with E-state index in [1.54, 1.807) is 32.3 Å². The molecule has 18 heavy (non-hydrogen) atoms. The maximum atomic E-state index is 12.2. The van der Waals surface area contributed by atoms with Crippen molar-refractivity contribution in [1.82, 2.24) is 14.7 Å². The molecular formula is C11H13N3O2S2. The molecule has 2 rings (SSSR count). The minimum Gasteiger partial charge on any atom is -0.263 e. The van der Waals surface area contributed by atoms with Gasteiger partial charge in [0.2, 0.25) is 10.0 Å². The number of nitrogens with one attached hydrogen (secondary N) is 1. The number of rotatable bonds is 4. The fourth-order valence-electron chi connectivity index (χ4n) is 1.53. The summed E-state index contributed by atoms with van der Waals surface area (Å²) in [6.45, 7) is 3.51. The van der Waals surface area contributed by atoms with Gasteiger partial charge in [0.1, 0.15) is 9.90 Å². The molecule has 0 saturated carbocycles. The first-order chi connectivity index (χ1) is 8.50. The zero-order valence-electron chi connectivity index (χ0n) is 9.99. The van der Waals surface area contributed by atoms with Gasteiger partial charge in [-0.25, -0.2) is 18.1 Å². The summed E-state index contributed by atoms with van der Waals surface area (Å²) < 4.78 is 27.0. The largest absolute Gasteiger partial charge is 0.263 e. The molecule has 0 spiro atoms. The van der Waals surface area contributed by atoms with E-state index in [0.717, 1.165) is 5.01 Å². The van der Waals surface area contributed by atoms with Crippen LogP contribution >= 0.6 is 11.3 Å². The average Bonchev–Trinajstić information content (AvgIpc) is 2.82. The van der Waals surface area contributed by atoms with Gasteiger partial charge < -0.3 is 0 Å². The number of pyridine rings is 1. The summed E-state index contributed by atoms with van der Waals surface area (Å²) in [5.74, 6) is 0. The summed E-state index contributed by atoms with van der Waals surface area (Å²) in [6, 6.07) is 1.32. The van der Waals surface area contributed by atoms with Crippen molar-refractivity contribution < 1.29 is 8.42 Å². The van der Waals surface area contributed by atoms with E-state index < -0.39 is 10.0 Å². The molecule has 2 heterocycles. The lowest BCUT2D eigenvalue weighted by Gasteiger charge is -2.12. The molecule has 2 aromatic rings. The zero-order valence-corrected chi connectivity index (χ0v) is 11.6. The van der Waals surface area contributed by atoms with Crippen LogP contribution in [0.4, 0.5) is 0 Å². The lowest BCUT2D eigenvalue weighted by atomic mass is 10.3. The van der Waals surface area contributed by atoms with Crippen LogP contribution in [0.1, 0.15) is 23.5 Å². The van der Waals surface area contributed by atoms with Crippen molar-refractivity contribution in [3.63, 3.8) is 0 Å². The highest BCUT2D eigenvalue weighted by Gasteiger charge is 2.21. The number of aromatic nitrogens is 2. The van der Waals surface area contributed by atoms with Gasteiger partial charge in [-0.15, -0.1) is 11.3 Å². The fourth-order valence-corrected chi connectivity index (χ4v) is 3.64. The summed E-state index contributed by atoms with van der Waals surface area (Å²) in [6.07, 6.45) is 4.57. The van der Waals surface area contributed by atoms with Gasteiger partial charge in [0, 0.05) is 24.0 Å². The van der Waals surface area contributed by atoms with Gasteiger partial charge in [-0.3, -0.25) is 4.98 Å². The van der Waals surface area contributed by atoms with Gasteiger partial charge in [0.05, 0.1) is 6.04 Å². The summed E-state index contributed by atoms with van der Waals surface area (Å²) in [5, 5.41) is 2.55. The number of hydrogen-bond acceptors (Lipinski definition) is 5. The van der Waals surface area contributed by atoms with Crippen LogP contribution in [0.5, 0.6) is 0 Å². The molecular weight excluding hydrogens is 270 g/mol. The van der Waals surface area contributed by atoms with Crippen LogP contribution in [0, 0.1) is 6.92 Å². The minimum atomic E-state index is -3.56. The molecule has 0 amide bonds. The summed E-state index contributed by atoms with van der Waals surface area (Å²) in [7, 11) is -3.56. The molecule has 1 N–H and O–H groups in total. The van der Waals surface area contributed by atoms with Crippen LogP contribution in [0.2, 0.25) is 0 Å². The van der Waals surface area contributed by atoms with E-state index in [-0.39, 0.29) is 10.9 Å². The Morgan fingerprint density at radius 2 is 2.17 bits per heavy atom. The molecule has 96 valence electrons. The van der Waals surface area contributed by atoms with E-state index in [2.05, 4.69) is 14.7 Å². The molecule has 0 saturated heterocycles. The van der Waals surface area contributed by atoms with Crippen molar-refractivity contribution in [2.75, 3.05) is 0 Å². The lowest BCUT2D eigenvalue weighted by Crippen LogP contribution is -2.27. The third-order valence-corrected chi connectivity index (χ3v) is 5.06. The Bertz CT molecular complexity index is 623. The van der Waals surface area contributed by atoms with Gasteiger partial charge in [-0.2, -0.15) is 0 Å². The van der Waals surface area contributed by atoms with Crippen LogP contribution in [-0.4, -0.2) is 18.4 Å². The predicted molar refractivity (Wildman–Crippen MR) is 69.8 cm³/mol. The Hall–Kier alpha value is -1.31. The molecule has 0 aliphatic heterocycles. The second-order valence-electron chi connectivity index (χ2n) is 3.85. The van der Waals surface area contributed by atoms with Gasteiger partial charge in [-0.1, -0.05) is 0 Å². The second kappa shape index (κ2) is 5.13. The summed E-state index contributed by atoms with van der Waals surface area (Å²) in [5.41, 5.74) is 0.670. The zero-order chi connectivity index (χ0) is 13.2. The Morgan fingerprint density at radius 1 is 1.39 bits per heavy atom. The van der Waals surface area contributed by atoms with Crippen molar-refractivity contribution in [2.45, 2.75) is 24.8 Å². The normalized spacial score (nSPS) is 13.4. The fraction of sp³-hybridized carbons (Fsp3) is 0.273. The van der Waals surface area contributed by atoms with Crippen molar-refractivity contribution in [3.05, 3.63) is 40.6 Å². The monoisotopic (exact) mass is 283 g/mol. The predicted octanol–water partition coefficient (Wildman–Crippen LogP) is 1.89. The summed E-state index contributed by atoms with van der Waals surface area (Å²) >= 11 is 1.42. The van der Waals surface area contributed by atoms with Gasteiger partial charge in [0.15, 0.2) is 0 Å². The quantitative estimate of drug-likeness (QED) is 0.930. The van der Waals surface area contributed by atoms with Crippen LogP contribution < -0.4 is 4.72 Å². The Morgan fingerprint density at radius 3 is 2.78 bits per heavy atom. The molecule has 2 aromatic heterocycles. The Kier molecular flexibility index (Phi) is 3.74. The maximum Gasteiger partial charge on any atom is 0.242 e. The first kappa shape index (κ1) is 13.1. The van der Waals surface area contributed by atoms with Crippen LogP contribution in [-0.2, 0) is 10.0 Å². The van der Waals surface area contributed by atoms with E-state index in [9.17, 15) is 8.42 Å². The molecule has 0 aromatic carbocycles. The van der Waals surface area contributed by atoms with Crippen LogP contribution in [0.25, 0.3) is 0 Å². The van der Waals surface area contributed by atoms with Crippen molar-refractivity contribution in [3.8, 4) is 0 Å². The molecule has 0 aliphatic carbocycles. The second-order valence-corrected chi connectivity index (χ2v) is 6.46. The third kappa shape index (κ3) is 2.74. The first-order valence-electron chi connectivity index (χ1n) is 5.33. The number of hydrogen-bond donors (Lipinski definition) is 1. The first-order valence-corrected chi connectivity index (χ1v) is 7.69. The maximum absolute atomic E-state index is 12.2. The van der Waals surface area contributed by atoms with E-state index in [1.165, 1.54) is 17.5 Å². The van der Waals surface area contributed by atoms with Crippen molar-refractivity contribution >= 4 is 21.4 Å². The van der Waals surface area contributed by atoms with E-state index in [1.807, 2.05) is 5.38 Å². The molecule has 0 bridgehead atoms. The summed E-state index contributed by atoms with van der Waals surface area (Å²) in [4.78, 5) is 8.14. The van der Waals surface area contributed by atoms with Crippen molar-refractivity contribution in [1.29, 1.82) is 0 Å². The van der Waals surface area contributed by atoms with E-state index in [0.29, 0.717) is 5.56 Å². The smallest absolute Gasteiger partial charge is 0.242 e. The molecule has 7 heteroatoms. The molecule has 1 atom stereocenters. The SMILES string of the molecule is Cc1ccncc1S(=O)(=O)N[C@@H](C)c1nccs1. The molecule has 0 unspecified atom stereocenters. The molecule has 0 aliphatic rings. The highest BCUT2D eigenvalue weighted by molar-refractivity contribution is 7.89. The lowest BCUT2D eigenvalue weighted by molar-refractivity contribution is 0.565. The standard InChI is InChI=1S/C11H13N3O2S2/c1-8-3-4-12-7-10(8)18(15,16)14-9(2)11-13-5-6-17-11/h3-7,9,14H,1-2H3/t9-/m0/s1. The Labute approximate surface area is 110 Å². The highest BCUT2D eigenvalue weighted by atomic mass is 32.2. The van der Waals surface area contributed by atoms with E-state index >= 15 is 0 Å². The minimum absolute atomic E-state index is 0.202. The average molecular weight is 283 g/mol. The van der Waals surface area contributed by atoms with Crippen LogP contribution in [0.15, 0.2) is 34.9 Å². The molecule has 0 radical (unpaired) electrons. The number of aryl methyl sites for hydroxylation is 1. The topological polar surface area (TPSA) is 72.0 Å². The highest BCUT2D eigenvalue weighted by Crippen LogP contribution is 2.19. The number of sulfonamides is 1. The van der Waals surface area contributed by atoms with Gasteiger partial charge in [0.25, 0.3) is 0 Å². The number of thiazole rings is 1.